The third-order valence-corrected chi connectivity index (χ3v) is 1.65. The highest BCUT2D eigenvalue weighted by atomic mass is 16.1. The molecule has 2 heteroatoms. The smallest absolute Gasteiger partial charge is 0.218 e. The lowest BCUT2D eigenvalue weighted by Crippen LogP contribution is -2.24. The molecule has 0 heterocycles. The number of carbonyl (C=O) groups is 1. The van der Waals surface area contributed by atoms with Crippen molar-refractivity contribution >= 4 is 5.91 Å². The molecule has 0 saturated heterocycles. The zero-order valence-electron chi connectivity index (χ0n) is 7.45. The highest BCUT2D eigenvalue weighted by molar-refractivity contribution is 5.74. The lowest BCUT2D eigenvalue weighted by molar-refractivity contribution is -0.119. The van der Waals surface area contributed by atoms with Gasteiger partial charge in [-0.05, 0) is 5.56 Å². The summed E-state index contributed by atoms with van der Waals surface area (Å²) in [5.74, 6) is 2.40. The van der Waals surface area contributed by atoms with Crippen LogP contribution in [0.1, 0.15) is 18.5 Å². The van der Waals surface area contributed by atoms with E-state index in [9.17, 15) is 4.79 Å². The maximum atomic E-state index is 10.8. The van der Waals surface area contributed by atoms with Gasteiger partial charge < -0.3 is 5.32 Å². The number of terminal acetylenes is 1. The number of carbonyl (C=O) groups excluding carboxylic acids is 1. The maximum Gasteiger partial charge on any atom is 0.218 e. The van der Waals surface area contributed by atoms with Crippen LogP contribution in [-0.4, -0.2) is 5.91 Å². The second kappa shape index (κ2) is 4.32. The van der Waals surface area contributed by atoms with Crippen LogP contribution in [0.3, 0.4) is 0 Å². The summed E-state index contributed by atoms with van der Waals surface area (Å²) in [5, 5.41) is 2.67. The minimum atomic E-state index is -0.321. The molecule has 0 saturated carbocycles. The summed E-state index contributed by atoms with van der Waals surface area (Å²) in [6.07, 6.45) is 5.29. The molecule has 1 rings (SSSR count). The molecule has 1 amide bonds. The van der Waals surface area contributed by atoms with Crippen LogP contribution < -0.4 is 5.32 Å². The van der Waals surface area contributed by atoms with Crippen molar-refractivity contribution in [1.82, 2.24) is 5.32 Å². The van der Waals surface area contributed by atoms with Gasteiger partial charge in [-0.2, -0.15) is 0 Å². The number of rotatable bonds is 2. The Morgan fingerprint density at radius 1 is 1.46 bits per heavy atom. The second-order valence-corrected chi connectivity index (χ2v) is 2.71. The Morgan fingerprint density at radius 2 is 2.08 bits per heavy atom. The van der Waals surface area contributed by atoms with Gasteiger partial charge in [0.25, 0.3) is 0 Å². The van der Waals surface area contributed by atoms with E-state index in [1.54, 1.807) is 0 Å². The Morgan fingerprint density at radius 3 is 2.54 bits per heavy atom. The molecular formula is C11H11NO. The van der Waals surface area contributed by atoms with Crippen molar-refractivity contribution in [2.75, 3.05) is 0 Å². The Balaban J connectivity index is 2.80. The first-order valence-corrected chi connectivity index (χ1v) is 4.02. The summed E-state index contributed by atoms with van der Waals surface area (Å²) in [6.45, 7) is 1.45. The van der Waals surface area contributed by atoms with E-state index in [1.165, 1.54) is 6.92 Å². The molecule has 0 spiro atoms. The van der Waals surface area contributed by atoms with Crippen molar-refractivity contribution in [1.29, 1.82) is 0 Å². The van der Waals surface area contributed by atoms with Gasteiger partial charge in [-0.3, -0.25) is 4.79 Å². The first-order chi connectivity index (χ1) is 6.24. The lowest BCUT2D eigenvalue weighted by atomic mass is 10.1. The lowest BCUT2D eigenvalue weighted by Gasteiger charge is -2.11. The predicted molar refractivity (Wildman–Crippen MR) is 51.8 cm³/mol. The average molecular weight is 173 g/mol. The second-order valence-electron chi connectivity index (χ2n) is 2.71. The summed E-state index contributed by atoms with van der Waals surface area (Å²) in [4.78, 5) is 10.8. The van der Waals surface area contributed by atoms with Gasteiger partial charge in [-0.1, -0.05) is 36.3 Å². The standard InChI is InChI=1S/C11H11NO/c1-3-11(12-9(2)13)10-7-5-4-6-8-10/h1,4-8,11H,2H3,(H,12,13)/t11-/m1/s1. The van der Waals surface area contributed by atoms with Crippen molar-refractivity contribution in [2.45, 2.75) is 13.0 Å². The number of nitrogens with one attached hydrogen (secondary N) is 1. The predicted octanol–water partition coefficient (Wildman–Crippen LogP) is 1.50. The summed E-state index contributed by atoms with van der Waals surface area (Å²) in [6, 6.07) is 9.15. The van der Waals surface area contributed by atoms with Crippen LogP contribution in [-0.2, 0) is 4.79 Å². The molecule has 0 aromatic heterocycles. The van der Waals surface area contributed by atoms with Gasteiger partial charge in [0.1, 0.15) is 6.04 Å². The third kappa shape index (κ3) is 2.64. The number of benzene rings is 1. The van der Waals surface area contributed by atoms with Crippen molar-refractivity contribution in [3.63, 3.8) is 0 Å². The quantitative estimate of drug-likeness (QED) is 0.674. The van der Waals surface area contributed by atoms with Crippen molar-refractivity contribution < 1.29 is 4.79 Å². The summed E-state index contributed by atoms with van der Waals surface area (Å²) in [5.41, 5.74) is 0.931. The maximum absolute atomic E-state index is 10.8. The van der Waals surface area contributed by atoms with Crippen molar-refractivity contribution in [2.24, 2.45) is 0 Å². The zero-order valence-corrected chi connectivity index (χ0v) is 7.45. The highest BCUT2D eigenvalue weighted by Gasteiger charge is 2.07. The highest BCUT2D eigenvalue weighted by Crippen LogP contribution is 2.10. The molecule has 1 aromatic carbocycles. The zero-order chi connectivity index (χ0) is 9.68. The van der Waals surface area contributed by atoms with E-state index < -0.39 is 0 Å². The Hall–Kier alpha value is -1.75. The summed E-state index contributed by atoms with van der Waals surface area (Å²) < 4.78 is 0. The number of amides is 1. The molecule has 0 fully saturated rings. The Labute approximate surface area is 78.0 Å². The van der Waals surface area contributed by atoms with Crippen LogP contribution in [0.25, 0.3) is 0 Å². The molecule has 1 N–H and O–H groups in total. The molecule has 66 valence electrons. The van der Waals surface area contributed by atoms with Crippen LogP contribution in [0, 0.1) is 12.3 Å². The molecule has 0 bridgehead atoms. The van der Waals surface area contributed by atoms with Gasteiger partial charge in [0, 0.05) is 6.92 Å². The van der Waals surface area contributed by atoms with Crippen molar-refractivity contribution in [3.8, 4) is 12.3 Å². The monoisotopic (exact) mass is 173 g/mol. The minimum absolute atomic E-state index is 0.119. The number of hydrogen-bond acceptors (Lipinski definition) is 1. The SMILES string of the molecule is C#C[C@@H](NC(C)=O)c1ccccc1. The number of hydrogen-bond donors (Lipinski definition) is 1. The first-order valence-electron chi connectivity index (χ1n) is 4.02. The average Bonchev–Trinajstić information content (AvgIpc) is 2.15. The largest absolute Gasteiger partial charge is 0.339 e. The van der Waals surface area contributed by atoms with Gasteiger partial charge >= 0.3 is 0 Å². The molecule has 1 aromatic rings. The van der Waals surface area contributed by atoms with E-state index in [2.05, 4.69) is 11.2 Å². The topological polar surface area (TPSA) is 29.1 Å². The fourth-order valence-electron chi connectivity index (χ4n) is 1.07. The van der Waals surface area contributed by atoms with E-state index in [4.69, 9.17) is 6.42 Å². The molecule has 0 aliphatic heterocycles. The summed E-state index contributed by atoms with van der Waals surface area (Å²) >= 11 is 0. The molecule has 0 aliphatic rings. The van der Waals surface area contributed by atoms with E-state index in [-0.39, 0.29) is 11.9 Å². The van der Waals surface area contributed by atoms with Crippen LogP contribution >= 0.6 is 0 Å². The van der Waals surface area contributed by atoms with Gasteiger partial charge in [0.2, 0.25) is 5.91 Å². The molecule has 0 unspecified atom stereocenters. The van der Waals surface area contributed by atoms with E-state index >= 15 is 0 Å². The fourth-order valence-corrected chi connectivity index (χ4v) is 1.07. The van der Waals surface area contributed by atoms with E-state index in [0.717, 1.165) is 5.56 Å². The first kappa shape index (κ1) is 9.34. The van der Waals surface area contributed by atoms with Gasteiger partial charge in [-0.25, -0.2) is 0 Å². The van der Waals surface area contributed by atoms with E-state index in [0.29, 0.717) is 0 Å². The normalized spacial score (nSPS) is 11.4. The molecule has 13 heavy (non-hydrogen) atoms. The summed E-state index contributed by atoms with van der Waals surface area (Å²) in [7, 11) is 0. The van der Waals surface area contributed by atoms with Gasteiger partial charge in [-0.15, -0.1) is 6.42 Å². The molecule has 1 atom stereocenters. The molecule has 0 radical (unpaired) electrons. The molecule has 0 aliphatic carbocycles. The third-order valence-electron chi connectivity index (χ3n) is 1.65. The van der Waals surface area contributed by atoms with Crippen LogP contribution in [0.15, 0.2) is 30.3 Å². The van der Waals surface area contributed by atoms with Crippen LogP contribution in [0.2, 0.25) is 0 Å². The van der Waals surface area contributed by atoms with E-state index in [1.807, 2.05) is 30.3 Å². The molecule has 2 nitrogen and oxygen atoms in total. The van der Waals surface area contributed by atoms with Crippen LogP contribution in [0.4, 0.5) is 0 Å². The van der Waals surface area contributed by atoms with Gasteiger partial charge in [0.05, 0.1) is 0 Å². The Bertz CT molecular complexity index is 324. The fraction of sp³-hybridized carbons (Fsp3) is 0.182. The van der Waals surface area contributed by atoms with Crippen molar-refractivity contribution in [3.05, 3.63) is 35.9 Å². The van der Waals surface area contributed by atoms with Crippen LogP contribution in [0.5, 0.6) is 0 Å². The minimum Gasteiger partial charge on any atom is -0.339 e. The van der Waals surface area contributed by atoms with Gasteiger partial charge in [0.15, 0.2) is 0 Å². The Kier molecular flexibility index (Phi) is 3.10. The molecular weight excluding hydrogens is 162 g/mol.